The second-order valence-corrected chi connectivity index (χ2v) is 24.7. The molecule has 3 aromatic rings. The maximum Gasteiger partial charge on any atom is 0.419 e. The van der Waals surface area contributed by atoms with Gasteiger partial charge in [-0.3, -0.25) is 9.59 Å². The van der Waals surface area contributed by atoms with Gasteiger partial charge in [0.1, 0.15) is 11.5 Å². The monoisotopic (exact) mass is 797 g/mol. The third-order valence-corrected chi connectivity index (χ3v) is 12.7. The Morgan fingerprint density at radius 3 is 2.18 bits per heavy atom. The average Bonchev–Trinajstić information content (AvgIpc) is 3.39. The van der Waals surface area contributed by atoms with E-state index in [4.69, 9.17) is 19.0 Å². The summed E-state index contributed by atoms with van der Waals surface area (Å²) in [6, 6.07) is 14.1. The number of fused-ring (bicyclic) bond motifs is 1. The maximum absolute atomic E-state index is 14.2. The van der Waals surface area contributed by atoms with E-state index in [0.717, 1.165) is 11.6 Å². The van der Waals surface area contributed by atoms with E-state index in [2.05, 4.69) is 24.8 Å². The van der Waals surface area contributed by atoms with Gasteiger partial charge in [0.2, 0.25) is 10.0 Å². The molecule has 2 heterocycles. The van der Waals surface area contributed by atoms with Crippen LogP contribution >= 0.6 is 0 Å². The number of oxime groups is 1. The van der Waals surface area contributed by atoms with Gasteiger partial charge in [0.25, 0.3) is 0 Å². The van der Waals surface area contributed by atoms with Gasteiger partial charge in [-0.1, -0.05) is 60.7 Å². The molecule has 0 bridgehead atoms. The fraction of sp³-hybridized carbons (Fsp3) is 0.525. The molecular formula is C40H55N3O10SSi. The van der Waals surface area contributed by atoms with Gasteiger partial charge < -0.3 is 19.0 Å². The Labute approximate surface area is 325 Å². The van der Waals surface area contributed by atoms with E-state index in [-0.39, 0.29) is 48.8 Å². The molecule has 2 aromatic carbocycles. The summed E-state index contributed by atoms with van der Waals surface area (Å²) in [4.78, 5) is 60.6. The van der Waals surface area contributed by atoms with Crippen LogP contribution in [0.1, 0.15) is 70.7 Å². The second kappa shape index (κ2) is 16.8. The Bertz CT molecular complexity index is 2050. The number of aromatic nitrogens is 1. The van der Waals surface area contributed by atoms with Gasteiger partial charge in [-0.05, 0) is 84.7 Å². The number of carbonyl (C=O) groups is 4. The molecule has 2 atom stereocenters. The Kier molecular flexibility index (Phi) is 13.3. The van der Waals surface area contributed by atoms with Crippen LogP contribution in [-0.2, 0) is 49.9 Å². The molecule has 1 aliphatic heterocycles. The predicted octanol–water partition coefficient (Wildman–Crippen LogP) is 7.07. The van der Waals surface area contributed by atoms with Crippen LogP contribution in [0.5, 0.6) is 0 Å². The van der Waals surface area contributed by atoms with Crippen LogP contribution in [0, 0.1) is 18.3 Å². The van der Waals surface area contributed by atoms with Crippen molar-refractivity contribution >= 4 is 58.7 Å². The van der Waals surface area contributed by atoms with Crippen LogP contribution < -0.4 is 0 Å². The molecule has 2 unspecified atom stereocenters. The SMILES string of the molecule is COC(=O)C(c1c(CC(=O)OCC[Si](C)(C)C)c2ccccc2n1C(=O)OC(C)(C)C)C1CCN(S(=O)(=O)c2ccc(C)cc2)C/C1=N/OC(=O)C(C)(C)C. The van der Waals surface area contributed by atoms with E-state index in [0.29, 0.717) is 16.5 Å². The van der Waals surface area contributed by atoms with Gasteiger partial charge in [-0.15, -0.1) is 0 Å². The van der Waals surface area contributed by atoms with E-state index in [9.17, 15) is 27.6 Å². The molecule has 0 spiro atoms. The van der Waals surface area contributed by atoms with Crippen molar-refractivity contribution in [2.24, 2.45) is 16.5 Å². The summed E-state index contributed by atoms with van der Waals surface area (Å²) in [5, 5.41) is 4.76. The number of esters is 2. The Morgan fingerprint density at radius 1 is 0.964 bits per heavy atom. The predicted molar refractivity (Wildman–Crippen MR) is 212 cm³/mol. The lowest BCUT2D eigenvalue weighted by molar-refractivity contribution is -0.153. The lowest BCUT2D eigenvalue weighted by Gasteiger charge is -2.36. The number of carbonyl (C=O) groups excluding carboxylic acids is 4. The van der Waals surface area contributed by atoms with Crippen molar-refractivity contribution in [1.29, 1.82) is 0 Å². The fourth-order valence-electron chi connectivity index (χ4n) is 6.19. The number of benzene rings is 2. The van der Waals surface area contributed by atoms with Crippen molar-refractivity contribution in [2.75, 3.05) is 26.8 Å². The molecule has 1 aliphatic rings. The zero-order valence-electron chi connectivity index (χ0n) is 33.8. The van der Waals surface area contributed by atoms with Crippen LogP contribution in [0.2, 0.25) is 25.7 Å². The standard InChI is InChI=1S/C40H55N3O10SSi/c1-26-16-18-27(19-17-26)54(48,49)42-21-20-29(31(25-42)41-53-37(46)39(2,3)4)34(36(45)50-8)35-30(24-33(44)51-22-23-55(9,10)11)28-14-12-13-15-32(28)43(35)38(47)52-40(5,6)7/h12-19,29,34H,20-25H2,1-11H3/b41-31-. The van der Waals surface area contributed by atoms with E-state index in [1.807, 2.05) is 6.92 Å². The Hall–Kier alpha value is -4.34. The minimum absolute atomic E-state index is 0.00665. The first-order valence-corrected chi connectivity index (χ1v) is 23.5. The number of piperidine rings is 1. The van der Waals surface area contributed by atoms with Crippen molar-refractivity contribution in [1.82, 2.24) is 8.87 Å². The molecule has 0 N–H and O–H groups in total. The van der Waals surface area contributed by atoms with Crippen molar-refractivity contribution < 1.29 is 46.6 Å². The van der Waals surface area contributed by atoms with Gasteiger partial charge in [0, 0.05) is 31.6 Å². The molecule has 0 amide bonds. The minimum Gasteiger partial charge on any atom is -0.468 e. The van der Waals surface area contributed by atoms with Crippen molar-refractivity contribution in [3.63, 3.8) is 0 Å². The van der Waals surface area contributed by atoms with Gasteiger partial charge in [0.05, 0.1) is 48.2 Å². The maximum atomic E-state index is 14.2. The highest BCUT2D eigenvalue weighted by Crippen LogP contribution is 2.41. The fourth-order valence-corrected chi connectivity index (χ4v) is 8.33. The molecule has 4 rings (SSSR count). The highest BCUT2D eigenvalue weighted by Gasteiger charge is 2.45. The van der Waals surface area contributed by atoms with Crippen molar-refractivity contribution in [3.05, 3.63) is 65.4 Å². The second-order valence-electron chi connectivity index (χ2n) is 17.2. The molecule has 1 aromatic heterocycles. The number of methoxy groups -OCH3 is 1. The van der Waals surface area contributed by atoms with E-state index >= 15 is 0 Å². The molecule has 13 nitrogen and oxygen atoms in total. The van der Waals surface area contributed by atoms with Crippen LogP contribution in [-0.4, -0.2) is 87.5 Å². The number of rotatable bonds is 11. The third-order valence-electron chi connectivity index (χ3n) is 9.16. The Morgan fingerprint density at radius 2 is 1.60 bits per heavy atom. The topological polar surface area (TPSA) is 160 Å². The molecular weight excluding hydrogens is 743 g/mol. The molecule has 0 aliphatic carbocycles. The molecule has 1 fully saturated rings. The summed E-state index contributed by atoms with van der Waals surface area (Å²) >= 11 is 0. The summed E-state index contributed by atoms with van der Waals surface area (Å²) in [5.74, 6) is -4.32. The molecule has 300 valence electrons. The van der Waals surface area contributed by atoms with Crippen LogP contribution in [0.3, 0.4) is 0 Å². The summed E-state index contributed by atoms with van der Waals surface area (Å²) < 4.78 is 47.4. The van der Waals surface area contributed by atoms with Crippen LogP contribution in [0.4, 0.5) is 4.79 Å². The number of hydrogen-bond donors (Lipinski definition) is 0. The van der Waals surface area contributed by atoms with E-state index in [1.165, 1.54) is 28.1 Å². The smallest absolute Gasteiger partial charge is 0.419 e. The largest absolute Gasteiger partial charge is 0.468 e. The number of nitrogens with zero attached hydrogens (tertiary/aromatic N) is 3. The summed E-state index contributed by atoms with van der Waals surface area (Å²) in [6.45, 7) is 18.3. The van der Waals surface area contributed by atoms with Gasteiger partial charge >= 0.3 is 24.0 Å². The zero-order valence-corrected chi connectivity index (χ0v) is 35.7. The molecule has 15 heteroatoms. The number of ether oxygens (including phenoxy) is 3. The number of para-hydroxylation sites is 1. The first kappa shape index (κ1) is 43.4. The quantitative estimate of drug-likeness (QED) is 0.0646. The third kappa shape index (κ3) is 10.7. The van der Waals surface area contributed by atoms with Crippen molar-refractivity contribution in [2.45, 2.75) is 103 Å². The van der Waals surface area contributed by atoms with Gasteiger partial charge in [-0.25, -0.2) is 22.6 Å². The summed E-state index contributed by atoms with van der Waals surface area (Å²) in [6.07, 6.45) is -1.09. The van der Waals surface area contributed by atoms with Crippen LogP contribution in [0.15, 0.2) is 58.6 Å². The zero-order chi connectivity index (χ0) is 41.1. The van der Waals surface area contributed by atoms with Crippen molar-refractivity contribution in [3.8, 4) is 0 Å². The number of hydrogen-bond acceptors (Lipinski definition) is 11. The lowest BCUT2D eigenvalue weighted by Crippen LogP contribution is -2.47. The summed E-state index contributed by atoms with van der Waals surface area (Å²) in [7, 11) is -4.41. The first-order valence-electron chi connectivity index (χ1n) is 18.4. The highest BCUT2D eigenvalue weighted by molar-refractivity contribution is 7.89. The first-order chi connectivity index (χ1) is 25.4. The van der Waals surface area contributed by atoms with E-state index in [1.54, 1.807) is 77.9 Å². The number of sulfonamides is 1. The summed E-state index contributed by atoms with van der Waals surface area (Å²) in [5.41, 5.74) is -0.140. The minimum atomic E-state index is -4.07. The van der Waals surface area contributed by atoms with Gasteiger partial charge in [0.15, 0.2) is 0 Å². The lowest BCUT2D eigenvalue weighted by atomic mass is 9.79. The van der Waals surface area contributed by atoms with E-state index < -0.39 is 65.0 Å². The molecule has 0 radical (unpaired) electrons. The van der Waals surface area contributed by atoms with Gasteiger partial charge in [-0.2, -0.15) is 4.31 Å². The average molecular weight is 798 g/mol. The normalized spacial score (nSPS) is 17.1. The number of aryl methyl sites for hydroxylation is 1. The van der Waals surface area contributed by atoms with Crippen LogP contribution in [0.25, 0.3) is 10.9 Å². The highest BCUT2D eigenvalue weighted by atomic mass is 32.2. The molecule has 0 saturated carbocycles. The molecule has 55 heavy (non-hydrogen) atoms. The Balaban J connectivity index is 1.95. The molecule has 1 saturated heterocycles.